The van der Waals surface area contributed by atoms with Gasteiger partial charge in [0.1, 0.15) is 11.8 Å². The summed E-state index contributed by atoms with van der Waals surface area (Å²) >= 11 is 3.41. The lowest BCUT2D eigenvalue weighted by atomic mass is 10.1. The van der Waals surface area contributed by atoms with Gasteiger partial charge >= 0.3 is 0 Å². The molecule has 1 aromatic heterocycles. The van der Waals surface area contributed by atoms with Crippen LogP contribution in [0.5, 0.6) is 5.75 Å². The minimum Gasteiger partial charge on any atom is -0.495 e. The smallest absolute Gasteiger partial charge is 0.249 e. The van der Waals surface area contributed by atoms with Crippen LogP contribution in [0.25, 0.3) is 0 Å². The van der Waals surface area contributed by atoms with Crippen LogP contribution in [-0.2, 0) is 4.79 Å². The van der Waals surface area contributed by atoms with E-state index in [0.29, 0.717) is 11.4 Å². The molecule has 106 valence electrons. The third-order valence-electron chi connectivity index (χ3n) is 3.03. The van der Waals surface area contributed by atoms with Crippen molar-refractivity contribution in [2.45, 2.75) is 19.9 Å². The van der Waals surface area contributed by atoms with E-state index in [0.717, 1.165) is 10.0 Å². The number of ether oxygens (including phenoxy) is 1. The molecule has 2 rings (SSSR count). The number of methoxy groups -OCH3 is 1. The fourth-order valence-electron chi connectivity index (χ4n) is 1.89. The minimum atomic E-state index is -0.391. The first kappa shape index (κ1) is 14.6. The van der Waals surface area contributed by atoms with E-state index < -0.39 is 6.04 Å². The Morgan fingerprint density at radius 3 is 2.85 bits per heavy atom. The second-order valence-electron chi connectivity index (χ2n) is 4.45. The van der Waals surface area contributed by atoms with Crippen LogP contribution >= 0.6 is 15.9 Å². The maximum atomic E-state index is 12.3. The molecule has 6 heteroatoms. The predicted molar refractivity (Wildman–Crippen MR) is 81.0 cm³/mol. The quantitative estimate of drug-likeness (QED) is 0.932. The van der Waals surface area contributed by atoms with Gasteiger partial charge in [-0.3, -0.25) is 9.48 Å². The summed E-state index contributed by atoms with van der Waals surface area (Å²) in [4.78, 5) is 12.3. The number of anilines is 1. The van der Waals surface area contributed by atoms with Crippen molar-refractivity contribution in [2.24, 2.45) is 0 Å². The van der Waals surface area contributed by atoms with Gasteiger partial charge in [0, 0.05) is 16.9 Å². The number of hydrogen-bond acceptors (Lipinski definition) is 3. The fraction of sp³-hybridized carbons (Fsp3) is 0.286. The number of benzene rings is 1. The molecule has 1 unspecified atom stereocenters. The fourth-order valence-corrected chi connectivity index (χ4v) is 2.44. The Bertz CT molecular complexity index is 611. The molecule has 1 atom stereocenters. The highest BCUT2D eigenvalue weighted by Gasteiger charge is 2.18. The number of halogens is 1. The zero-order valence-corrected chi connectivity index (χ0v) is 13.1. The molecule has 1 N–H and O–H groups in total. The summed E-state index contributed by atoms with van der Waals surface area (Å²) in [5, 5.41) is 6.97. The molecule has 0 bridgehead atoms. The number of amides is 1. The second kappa shape index (κ2) is 6.09. The van der Waals surface area contributed by atoms with Crippen molar-refractivity contribution in [3.8, 4) is 5.75 Å². The van der Waals surface area contributed by atoms with Crippen LogP contribution < -0.4 is 10.1 Å². The zero-order valence-electron chi connectivity index (χ0n) is 11.6. The number of aromatic nitrogens is 2. The summed E-state index contributed by atoms with van der Waals surface area (Å²) in [7, 11) is 1.58. The average molecular weight is 338 g/mol. The maximum Gasteiger partial charge on any atom is 0.249 e. The van der Waals surface area contributed by atoms with Crippen molar-refractivity contribution in [1.82, 2.24) is 9.78 Å². The Morgan fingerprint density at radius 2 is 2.25 bits per heavy atom. The van der Waals surface area contributed by atoms with Gasteiger partial charge in [-0.15, -0.1) is 0 Å². The van der Waals surface area contributed by atoms with E-state index in [9.17, 15) is 4.79 Å². The van der Waals surface area contributed by atoms with Gasteiger partial charge in [-0.1, -0.05) is 15.9 Å². The molecule has 0 saturated heterocycles. The monoisotopic (exact) mass is 337 g/mol. The summed E-state index contributed by atoms with van der Waals surface area (Å²) in [5.41, 5.74) is 1.61. The molecule has 5 nitrogen and oxygen atoms in total. The molecule has 0 spiro atoms. The van der Waals surface area contributed by atoms with Crippen molar-refractivity contribution in [1.29, 1.82) is 0 Å². The number of hydrogen-bond donors (Lipinski definition) is 1. The first-order valence-electron chi connectivity index (χ1n) is 6.17. The largest absolute Gasteiger partial charge is 0.495 e. The molecule has 20 heavy (non-hydrogen) atoms. The van der Waals surface area contributed by atoms with E-state index in [1.54, 1.807) is 37.2 Å². The molecule has 0 aliphatic rings. The molecule has 0 aliphatic heterocycles. The number of aryl methyl sites for hydroxylation is 1. The average Bonchev–Trinajstić information content (AvgIpc) is 2.94. The lowest BCUT2D eigenvalue weighted by molar-refractivity contribution is -0.119. The van der Waals surface area contributed by atoms with Gasteiger partial charge in [0.25, 0.3) is 0 Å². The van der Waals surface area contributed by atoms with Crippen molar-refractivity contribution < 1.29 is 9.53 Å². The minimum absolute atomic E-state index is 0.141. The molecule has 1 aromatic carbocycles. The highest BCUT2D eigenvalue weighted by molar-refractivity contribution is 9.10. The third kappa shape index (κ3) is 3.01. The Kier molecular flexibility index (Phi) is 4.44. The molecule has 0 aliphatic carbocycles. The van der Waals surface area contributed by atoms with Crippen molar-refractivity contribution in [3.63, 3.8) is 0 Å². The maximum absolute atomic E-state index is 12.3. The summed E-state index contributed by atoms with van der Waals surface area (Å²) < 4.78 is 7.83. The standard InChI is InChI=1S/C14H16BrN3O2/c1-9-7-11(15)8-12(20-3)13(9)17-14(19)10(2)18-6-4-5-16-18/h4-8,10H,1-3H3,(H,17,19). The van der Waals surface area contributed by atoms with Crippen molar-refractivity contribution in [2.75, 3.05) is 12.4 Å². The number of carbonyl (C=O) groups is 1. The normalized spacial score (nSPS) is 12.0. The van der Waals surface area contributed by atoms with Gasteiger partial charge in [0.05, 0.1) is 12.8 Å². The van der Waals surface area contributed by atoms with Gasteiger partial charge in [-0.2, -0.15) is 5.10 Å². The van der Waals surface area contributed by atoms with Gasteiger partial charge in [-0.25, -0.2) is 0 Å². The van der Waals surface area contributed by atoms with Crippen LogP contribution in [0.2, 0.25) is 0 Å². The van der Waals surface area contributed by atoms with E-state index in [1.807, 2.05) is 19.1 Å². The van der Waals surface area contributed by atoms with Gasteiger partial charge < -0.3 is 10.1 Å². The summed E-state index contributed by atoms with van der Waals surface area (Å²) in [6, 6.07) is 5.14. The summed E-state index contributed by atoms with van der Waals surface area (Å²) in [6.07, 6.45) is 3.41. The lowest BCUT2D eigenvalue weighted by Crippen LogP contribution is -2.24. The van der Waals surface area contributed by atoms with Crippen LogP contribution in [-0.4, -0.2) is 22.8 Å². The van der Waals surface area contributed by atoms with Crippen molar-refractivity contribution in [3.05, 3.63) is 40.6 Å². The van der Waals surface area contributed by atoms with E-state index >= 15 is 0 Å². The molecular formula is C14H16BrN3O2. The first-order chi connectivity index (χ1) is 9.52. The van der Waals surface area contributed by atoms with Crippen molar-refractivity contribution >= 4 is 27.5 Å². The van der Waals surface area contributed by atoms with Crippen LogP contribution in [0.15, 0.2) is 35.1 Å². The van der Waals surface area contributed by atoms with E-state index in [-0.39, 0.29) is 5.91 Å². The second-order valence-corrected chi connectivity index (χ2v) is 5.37. The van der Waals surface area contributed by atoms with Gasteiger partial charge in [0.2, 0.25) is 5.91 Å². The zero-order chi connectivity index (χ0) is 14.7. The highest BCUT2D eigenvalue weighted by Crippen LogP contribution is 2.32. The first-order valence-corrected chi connectivity index (χ1v) is 6.96. The van der Waals surface area contributed by atoms with Gasteiger partial charge in [0.15, 0.2) is 0 Å². The highest BCUT2D eigenvalue weighted by atomic mass is 79.9. The lowest BCUT2D eigenvalue weighted by Gasteiger charge is -2.17. The Hall–Kier alpha value is -1.82. The number of nitrogens with one attached hydrogen (secondary N) is 1. The van der Waals surface area contributed by atoms with Gasteiger partial charge in [-0.05, 0) is 37.6 Å². The number of carbonyl (C=O) groups excluding carboxylic acids is 1. The summed E-state index contributed by atoms with van der Waals surface area (Å²) in [5.74, 6) is 0.482. The summed E-state index contributed by atoms with van der Waals surface area (Å²) in [6.45, 7) is 3.71. The molecule has 0 radical (unpaired) electrons. The Morgan fingerprint density at radius 1 is 1.50 bits per heavy atom. The molecule has 0 saturated carbocycles. The molecule has 1 amide bonds. The van der Waals surface area contributed by atoms with Crippen LogP contribution in [0.3, 0.4) is 0 Å². The number of nitrogens with zero attached hydrogens (tertiary/aromatic N) is 2. The van der Waals surface area contributed by atoms with E-state index in [4.69, 9.17) is 4.74 Å². The Balaban J connectivity index is 2.24. The topological polar surface area (TPSA) is 56.1 Å². The van der Waals surface area contributed by atoms with Crippen LogP contribution in [0.4, 0.5) is 5.69 Å². The van der Waals surface area contributed by atoms with Crippen LogP contribution in [0.1, 0.15) is 18.5 Å². The Labute approximate surface area is 126 Å². The molecule has 0 fully saturated rings. The van der Waals surface area contributed by atoms with E-state index in [2.05, 4.69) is 26.3 Å². The molecular weight excluding hydrogens is 322 g/mol. The molecule has 1 heterocycles. The predicted octanol–water partition coefficient (Wildman–Crippen LogP) is 3.16. The SMILES string of the molecule is COc1cc(Br)cc(C)c1NC(=O)C(C)n1cccn1. The number of rotatable bonds is 4. The molecule has 2 aromatic rings. The van der Waals surface area contributed by atoms with Crippen LogP contribution in [0, 0.1) is 6.92 Å². The third-order valence-corrected chi connectivity index (χ3v) is 3.49. The van der Waals surface area contributed by atoms with E-state index in [1.165, 1.54) is 0 Å².